The molecule has 1 saturated heterocycles. The fraction of sp³-hybridized carbons (Fsp3) is 0.545. The number of fused-ring (bicyclic) bond motifs is 2. The van der Waals surface area contributed by atoms with E-state index in [2.05, 4.69) is 21.0 Å². The molecule has 8 heteroatoms. The van der Waals surface area contributed by atoms with Crippen LogP contribution in [0.4, 0.5) is 5.82 Å². The van der Waals surface area contributed by atoms with E-state index in [1.165, 1.54) is 11.3 Å². The molecule has 0 unspecified atom stereocenters. The number of piperazine rings is 1. The molecule has 30 heavy (non-hydrogen) atoms. The number of thioether (sulfide) groups is 1. The van der Waals surface area contributed by atoms with Crippen LogP contribution in [-0.2, 0) is 31.6 Å². The first-order chi connectivity index (χ1) is 14.7. The molecule has 156 valence electrons. The van der Waals surface area contributed by atoms with E-state index in [0.29, 0.717) is 12.1 Å². The highest BCUT2D eigenvalue weighted by molar-refractivity contribution is 7.98. The Morgan fingerprint density at radius 2 is 1.90 bits per heavy atom. The van der Waals surface area contributed by atoms with Crippen molar-refractivity contribution in [1.82, 2.24) is 19.7 Å². The Labute approximate surface area is 180 Å². The van der Waals surface area contributed by atoms with Crippen LogP contribution in [0, 0.1) is 11.3 Å². The second-order valence-corrected chi connectivity index (χ2v) is 9.34. The number of pyridine rings is 1. The fourth-order valence-corrected chi connectivity index (χ4v) is 5.57. The van der Waals surface area contributed by atoms with Gasteiger partial charge < -0.3 is 4.90 Å². The van der Waals surface area contributed by atoms with Crippen LogP contribution in [0.2, 0.25) is 0 Å². The predicted molar refractivity (Wildman–Crippen MR) is 118 cm³/mol. The first kappa shape index (κ1) is 19.6. The zero-order valence-corrected chi connectivity index (χ0v) is 18.0. The van der Waals surface area contributed by atoms with Gasteiger partial charge in [0.2, 0.25) is 0 Å². The van der Waals surface area contributed by atoms with Gasteiger partial charge in [-0.2, -0.15) is 22.1 Å². The molecule has 0 atom stereocenters. The van der Waals surface area contributed by atoms with E-state index in [1.807, 2.05) is 17.8 Å². The summed E-state index contributed by atoms with van der Waals surface area (Å²) >= 11 is 1.87. The molecule has 0 spiro atoms. The van der Waals surface area contributed by atoms with Crippen molar-refractivity contribution in [2.45, 2.75) is 38.0 Å². The lowest BCUT2D eigenvalue weighted by atomic mass is 10.1. The second kappa shape index (κ2) is 8.40. The van der Waals surface area contributed by atoms with Crippen molar-refractivity contribution >= 4 is 17.6 Å². The zero-order chi connectivity index (χ0) is 20.5. The van der Waals surface area contributed by atoms with Crippen molar-refractivity contribution in [2.24, 2.45) is 0 Å². The minimum Gasteiger partial charge on any atom is -0.353 e. The second-order valence-electron chi connectivity index (χ2n) is 8.24. The van der Waals surface area contributed by atoms with E-state index in [4.69, 9.17) is 4.98 Å². The Balaban J connectivity index is 1.21. The van der Waals surface area contributed by atoms with Crippen molar-refractivity contribution in [3.8, 4) is 6.07 Å². The minimum atomic E-state index is 0.0101. The van der Waals surface area contributed by atoms with Crippen molar-refractivity contribution in [1.29, 1.82) is 5.26 Å². The van der Waals surface area contributed by atoms with Crippen molar-refractivity contribution in [3.63, 3.8) is 0 Å². The van der Waals surface area contributed by atoms with E-state index in [-0.39, 0.29) is 5.56 Å². The third kappa shape index (κ3) is 3.84. The Bertz CT molecular complexity index is 1050. The highest BCUT2D eigenvalue weighted by Gasteiger charge is 2.24. The van der Waals surface area contributed by atoms with Gasteiger partial charge in [0.25, 0.3) is 5.56 Å². The molecule has 0 amide bonds. The number of aryl methyl sites for hydroxylation is 3. The van der Waals surface area contributed by atoms with E-state index in [1.54, 1.807) is 10.7 Å². The van der Waals surface area contributed by atoms with Gasteiger partial charge in [-0.25, -0.2) is 9.67 Å². The number of hydrogen-bond donors (Lipinski definition) is 0. The molecule has 4 heterocycles. The fourth-order valence-electron chi connectivity index (χ4n) is 4.62. The summed E-state index contributed by atoms with van der Waals surface area (Å²) in [5.74, 6) is 2.84. The summed E-state index contributed by atoms with van der Waals surface area (Å²) in [6.07, 6.45) is 4.16. The molecule has 2 aromatic rings. The van der Waals surface area contributed by atoms with Crippen LogP contribution in [0.15, 0.2) is 16.9 Å². The lowest BCUT2D eigenvalue weighted by Crippen LogP contribution is -2.48. The lowest BCUT2D eigenvalue weighted by molar-refractivity contribution is 0.242. The van der Waals surface area contributed by atoms with Crippen LogP contribution in [0.5, 0.6) is 0 Å². The van der Waals surface area contributed by atoms with Gasteiger partial charge in [0, 0.05) is 56.7 Å². The third-order valence-electron chi connectivity index (χ3n) is 6.36. The van der Waals surface area contributed by atoms with Crippen LogP contribution in [0.1, 0.15) is 34.5 Å². The molecule has 0 saturated carbocycles. The summed E-state index contributed by atoms with van der Waals surface area (Å²) in [6, 6.07) is 6.16. The third-order valence-corrected chi connectivity index (χ3v) is 7.36. The molecule has 5 rings (SSSR count). The van der Waals surface area contributed by atoms with Crippen LogP contribution in [-0.4, -0.2) is 58.1 Å². The van der Waals surface area contributed by atoms with Gasteiger partial charge in [0.15, 0.2) is 0 Å². The Kier molecular flexibility index (Phi) is 5.48. The van der Waals surface area contributed by atoms with Gasteiger partial charge >= 0.3 is 0 Å². The first-order valence-corrected chi connectivity index (χ1v) is 11.9. The number of hydrogen-bond acceptors (Lipinski definition) is 7. The predicted octanol–water partition coefficient (Wildman–Crippen LogP) is 1.61. The van der Waals surface area contributed by atoms with Gasteiger partial charge in [-0.15, -0.1) is 0 Å². The number of aromatic nitrogens is 3. The van der Waals surface area contributed by atoms with Crippen molar-refractivity contribution < 1.29 is 0 Å². The van der Waals surface area contributed by atoms with E-state index in [9.17, 15) is 10.1 Å². The molecule has 7 nitrogen and oxygen atoms in total. The summed E-state index contributed by atoms with van der Waals surface area (Å²) in [5.41, 5.74) is 5.32. The number of nitrogens with zero attached hydrogens (tertiary/aromatic N) is 6. The molecule has 0 bridgehead atoms. The summed E-state index contributed by atoms with van der Waals surface area (Å²) < 4.78 is 1.64. The molecule has 1 fully saturated rings. The average molecular weight is 423 g/mol. The SMILES string of the molecule is N#Cc1cc2c(nc1N1CCN(CCn3nc4c(cc3=O)CSCC4)CC1)CCC2. The van der Waals surface area contributed by atoms with E-state index < -0.39 is 0 Å². The van der Waals surface area contributed by atoms with E-state index >= 15 is 0 Å². The van der Waals surface area contributed by atoms with Crippen molar-refractivity contribution in [2.75, 3.05) is 43.4 Å². The maximum atomic E-state index is 12.4. The molecule has 0 N–H and O–H groups in total. The maximum Gasteiger partial charge on any atom is 0.267 e. The van der Waals surface area contributed by atoms with Gasteiger partial charge in [-0.1, -0.05) is 0 Å². The zero-order valence-electron chi connectivity index (χ0n) is 17.1. The largest absolute Gasteiger partial charge is 0.353 e. The Hall–Kier alpha value is -2.37. The highest BCUT2D eigenvalue weighted by atomic mass is 32.2. The molecule has 2 aromatic heterocycles. The number of nitriles is 1. The average Bonchev–Trinajstić information content (AvgIpc) is 3.24. The smallest absolute Gasteiger partial charge is 0.267 e. The van der Waals surface area contributed by atoms with Crippen molar-refractivity contribution in [3.05, 3.63) is 50.6 Å². The minimum absolute atomic E-state index is 0.0101. The molecular formula is C22H26N6OS. The summed E-state index contributed by atoms with van der Waals surface area (Å²) in [5, 5.41) is 14.2. The summed E-state index contributed by atoms with van der Waals surface area (Å²) in [4.78, 5) is 21.9. The summed E-state index contributed by atoms with van der Waals surface area (Å²) in [7, 11) is 0. The molecule has 3 aliphatic rings. The quantitative estimate of drug-likeness (QED) is 0.741. The Morgan fingerprint density at radius 1 is 1.03 bits per heavy atom. The molecule has 2 aliphatic heterocycles. The maximum absolute atomic E-state index is 12.4. The normalized spacial score (nSPS) is 18.7. The molecule has 0 radical (unpaired) electrons. The van der Waals surface area contributed by atoms with Crippen LogP contribution in [0.25, 0.3) is 0 Å². The molecular weight excluding hydrogens is 396 g/mol. The van der Waals surface area contributed by atoms with Crippen LogP contribution >= 0.6 is 11.8 Å². The number of anilines is 1. The Morgan fingerprint density at radius 3 is 2.73 bits per heavy atom. The molecule has 1 aliphatic carbocycles. The number of rotatable bonds is 4. The van der Waals surface area contributed by atoms with E-state index in [0.717, 1.165) is 87.0 Å². The van der Waals surface area contributed by atoms with Crippen LogP contribution in [0.3, 0.4) is 0 Å². The monoisotopic (exact) mass is 422 g/mol. The van der Waals surface area contributed by atoms with Gasteiger partial charge in [0.05, 0.1) is 17.8 Å². The van der Waals surface area contributed by atoms with Gasteiger partial charge in [-0.3, -0.25) is 9.69 Å². The standard InChI is InChI=1S/C22H26N6OS/c23-14-17-12-16-2-1-3-19(16)24-22(17)27-8-5-26(6-9-27)7-10-28-21(29)13-18-15-30-11-4-20(18)25-28/h12-13H,1-11,15H2. The van der Waals surface area contributed by atoms with Gasteiger partial charge in [-0.05, 0) is 42.2 Å². The summed E-state index contributed by atoms with van der Waals surface area (Å²) in [6.45, 7) is 4.95. The van der Waals surface area contributed by atoms with Crippen LogP contribution < -0.4 is 10.5 Å². The van der Waals surface area contributed by atoms with Gasteiger partial charge in [0.1, 0.15) is 11.9 Å². The molecule has 0 aromatic carbocycles. The lowest BCUT2D eigenvalue weighted by Gasteiger charge is -2.36. The first-order valence-electron chi connectivity index (χ1n) is 10.8. The topological polar surface area (TPSA) is 78.1 Å². The highest BCUT2D eigenvalue weighted by Crippen LogP contribution is 2.27.